The first-order valence-electron chi connectivity index (χ1n) is 11.4. The summed E-state index contributed by atoms with van der Waals surface area (Å²) in [6, 6.07) is 14.0. The van der Waals surface area contributed by atoms with Crippen LogP contribution in [0.4, 0.5) is 11.4 Å². The van der Waals surface area contributed by atoms with Gasteiger partial charge in [0.25, 0.3) is 11.8 Å². The zero-order valence-electron chi connectivity index (χ0n) is 18.7. The number of nitrogens with one attached hydrogen (secondary N) is 3. The highest BCUT2D eigenvalue weighted by atomic mass is 16.2. The van der Waals surface area contributed by atoms with E-state index in [1.54, 1.807) is 48.5 Å². The predicted octanol–water partition coefficient (Wildman–Crippen LogP) is 3.89. The molecule has 2 aromatic rings. The number of nitrogens with zero attached hydrogens (tertiary/aromatic N) is 1. The molecule has 0 saturated carbocycles. The third-order valence-corrected chi connectivity index (χ3v) is 5.44. The Morgan fingerprint density at radius 3 is 2.03 bits per heavy atom. The van der Waals surface area contributed by atoms with Gasteiger partial charge < -0.3 is 20.9 Å². The van der Waals surface area contributed by atoms with Crippen LogP contribution in [0.5, 0.6) is 0 Å². The molecule has 2 aromatic carbocycles. The molecule has 0 spiro atoms. The molecule has 1 heterocycles. The summed E-state index contributed by atoms with van der Waals surface area (Å²) in [5.41, 5.74) is 2.63. The molecule has 0 aliphatic carbocycles. The van der Waals surface area contributed by atoms with Crippen LogP contribution in [0.3, 0.4) is 0 Å². The summed E-state index contributed by atoms with van der Waals surface area (Å²) in [4.78, 5) is 38.8. The number of hydrogen-bond acceptors (Lipinski definition) is 4. The number of rotatable bonds is 8. The second kappa shape index (κ2) is 11.9. The van der Waals surface area contributed by atoms with Crippen molar-refractivity contribution in [1.29, 1.82) is 0 Å². The number of anilines is 2. The highest BCUT2D eigenvalue weighted by Crippen LogP contribution is 2.16. The monoisotopic (exact) mass is 436 g/mol. The minimum Gasteiger partial charge on any atom is -0.376 e. The third kappa shape index (κ3) is 6.83. The van der Waals surface area contributed by atoms with Crippen LogP contribution < -0.4 is 16.0 Å². The number of amides is 3. The first-order chi connectivity index (χ1) is 15.6. The van der Waals surface area contributed by atoms with Gasteiger partial charge in [-0.2, -0.15) is 0 Å². The standard InChI is InChI=1S/C25H32N4O3/c1-2-15-26-24(31)19-7-11-21(12-8-19)27-18-23(30)28-22-13-9-20(10-14-22)25(32)29-16-5-3-4-6-17-29/h7-14,27H,2-6,15-18H2,1H3,(H,26,31)(H,28,30). The van der Waals surface area contributed by atoms with Gasteiger partial charge in [0.15, 0.2) is 0 Å². The maximum absolute atomic E-state index is 12.7. The summed E-state index contributed by atoms with van der Waals surface area (Å²) in [6.45, 7) is 4.37. The summed E-state index contributed by atoms with van der Waals surface area (Å²) in [6.07, 6.45) is 5.36. The smallest absolute Gasteiger partial charge is 0.253 e. The Hall–Kier alpha value is -3.35. The lowest BCUT2D eigenvalue weighted by Gasteiger charge is -2.20. The van der Waals surface area contributed by atoms with Crippen LogP contribution in [-0.4, -0.2) is 48.8 Å². The van der Waals surface area contributed by atoms with Crippen molar-refractivity contribution in [2.24, 2.45) is 0 Å². The van der Waals surface area contributed by atoms with E-state index in [2.05, 4.69) is 16.0 Å². The van der Waals surface area contributed by atoms with Crippen LogP contribution in [0.1, 0.15) is 59.7 Å². The summed E-state index contributed by atoms with van der Waals surface area (Å²) in [5, 5.41) is 8.71. The van der Waals surface area contributed by atoms with Crippen LogP contribution in [-0.2, 0) is 4.79 Å². The molecule has 0 bridgehead atoms. The van der Waals surface area contributed by atoms with Crippen molar-refractivity contribution in [2.45, 2.75) is 39.0 Å². The largest absolute Gasteiger partial charge is 0.376 e. The summed E-state index contributed by atoms with van der Waals surface area (Å²) < 4.78 is 0. The van der Waals surface area contributed by atoms with Crippen molar-refractivity contribution in [3.63, 3.8) is 0 Å². The topological polar surface area (TPSA) is 90.5 Å². The molecule has 1 aliphatic heterocycles. The first-order valence-corrected chi connectivity index (χ1v) is 11.4. The molecule has 0 atom stereocenters. The maximum Gasteiger partial charge on any atom is 0.253 e. The fourth-order valence-electron chi connectivity index (χ4n) is 3.62. The molecule has 0 unspecified atom stereocenters. The van der Waals surface area contributed by atoms with Crippen molar-refractivity contribution >= 4 is 29.1 Å². The third-order valence-electron chi connectivity index (χ3n) is 5.44. The summed E-state index contributed by atoms with van der Waals surface area (Å²) in [7, 11) is 0. The van der Waals surface area contributed by atoms with Crippen LogP contribution >= 0.6 is 0 Å². The van der Waals surface area contributed by atoms with Crippen LogP contribution in [0.15, 0.2) is 48.5 Å². The minimum atomic E-state index is -0.193. The average Bonchev–Trinajstić information content (AvgIpc) is 3.11. The number of carbonyl (C=O) groups excluding carboxylic acids is 3. The van der Waals surface area contributed by atoms with E-state index in [1.165, 1.54) is 12.8 Å². The van der Waals surface area contributed by atoms with Crippen molar-refractivity contribution in [3.8, 4) is 0 Å². The van der Waals surface area contributed by atoms with E-state index in [9.17, 15) is 14.4 Å². The van der Waals surface area contributed by atoms with Crippen molar-refractivity contribution in [3.05, 3.63) is 59.7 Å². The Morgan fingerprint density at radius 1 is 0.812 bits per heavy atom. The minimum absolute atomic E-state index is 0.0539. The van der Waals surface area contributed by atoms with Crippen molar-refractivity contribution in [1.82, 2.24) is 10.2 Å². The molecular formula is C25H32N4O3. The van der Waals surface area contributed by atoms with Crippen molar-refractivity contribution in [2.75, 3.05) is 36.8 Å². The Bertz CT molecular complexity index is 902. The maximum atomic E-state index is 12.7. The van der Waals surface area contributed by atoms with E-state index < -0.39 is 0 Å². The number of benzene rings is 2. The molecule has 7 heteroatoms. The molecule has 3 rings (SSSR count). The van der Waals surface area contributed by atoms with Gasteiger partial charge in [0.05, 0.1) is 6.54 Å². The summed E-state index contributed by atoms with van der Waals surface area (Å²) >= 11 is 0. The van der Waals surface area contributed by atoms with E-state index in [4.69, 9.17) is 0 Å². The normalized spacial score (nSPS) is 13.7. The quantitative estimate of drug-likeness (QED) is 0.586. The predicted molar refractivity (Wildman–Crippen MR) is 127 cm³/mol. The Morgan fingerprint density at radius 2 is 1.41 bits per heavy atom. The number of hydrogen-bond donors (Lipinski definition) is 3. The van der Waals surface area contributed by atoms with Crippen LogP contribution in [0, 0.1) is 0 Å². The zero-order chi connectivity index (χ0) is 22.8. The Labute approximate surface area is 189 Å². The molecule has 3 N–H and O–H groups in total. The summed E-state index contributed by atoms with van der Waals surface area (Å²) in [5.74, 6) is -0.242. The molecule has 170 valence electrons. The van der Waals surface area contributed by atoms with E-state index in [1.807, 2.05) is 11.8 Å². The highest BCUT2D eigenvalue weighted by molar-refractivity contribution is 5.97. The number of carbonyl (C=O) groups is 3. The van der Waals surface area contributed by atoms with Gasteiger partial charge in [-0.25, -0.2) is 0 Å². The van der Waals surface area contributed by atoms with Crippen LogP contribution in [0.25, 0.3) is 0 Å². The van der Waals surface area contributed by atoms with Gasteiger partial charge in [-0.15, -0.1) is 0 Å². The molecule has 0 radical (unpaired) electrons. The molecular weight excluding hydrogens is 404 g/mol. The number of likely N-dealkylation sites (tertiary alicyclic amines) is 1. The fraction of sp³-hybridized carbons (Fsp3) is 0.400. The van der Waals surface area contributed by atoms with E-state index in [0.717, 1.165) is 38.0 Å². The molecule has 1 fully saturated rings. The van der Waals surface area contributed by atoms with Gasteiger partial charge in [-0.05, 0) is 67.8 Å². The molecule has 3 amide bonds. The lowest BCUT2D eigenvalue weighted by atomic mass is 10.1. The Balaban J connectivity index is 1.46. The lowest BCUT2D eigenvalue weighted by Crippen LogP contribution is -2.31. The van der Waals surface area contributed by atoms with Gasteiger partial charge in [0.1, 0.15) is 0 Å². The Kier molecular flexibility index (Phi) is 8.66. The van der Waals surface area contributed by atoms with Gasteiger partial charge in [-0.1, -0.05) is 19.8 Å². The van der Waals surface area contributed by atoms with Gasteiger partial charge in [0.2, 0.25) is 5.91 Å². The van der Waals surface area contributed by atoms with Gasteiger partial charge in [0, 0.05) is 42.1 Å². The molecule has 32 heavy (non-hydrogen) atoms. The van der Waals surface area contributed by atoms with Gasteiger partial charge >= 0.3 is 0 Å². The molecule has 1 aliphatic rings. The lowest BCUT2D eigenvalue weighted by molar-refractivity contribution is -0.114. The first kappa shape index (κ1) is 23.3. The highest BCUT2D eigenvalue weighted by Gasteiger charge is 2.17. The van der Waals surface area contributed by atoms with E-state index in [-0.39, 0.29) is 24.3 Å². The van der Waals surface area contributed by atoms with E-state index in [0.29, 0.717) is 23.4 Å². The molecule has 1 saturated heterocycles. The second-order valence-corrected chi connectivity index (χ2v) is 8.02. The van der Waals surface area contributed by atoms with E-state index >= 15 is 0 Å². The SMILES string of the molecule is CCCNC(=O)c1ccc(NCC(=O)Nc2ccc(C(=O)N3CCCCCC3)cc2)cc1. The van der Waals surface area contributed by atoms with Crippen molar-refractivity contribution < 1.29 is 14.4 Å². The fourth-order valence-corrected chi connectivity index (χ4v) is 3.62. The zero-order valence-corrected chi connectivity index (χ0v) is 18.7. The molecule has 7 nitrogen and oxygen atoms in total. The average molecular weight is 437 g/mol. The van der Waals surface area contributed by atoms with Crippen LogP contribution in [0.2, 0.25) is 0 Å². The second-order valence-electron chi connectivity index (χ2n) is 8.02. The van der Waals surface area contributed by atoms with Gasteiger partial charge in [-0.3, -0.25) is 14.4 Å². The molecule has 0 aromatic heterocycles.